The van der Waals surface area contributed by atoms with Crippen molar-refractivity contribution in [1.29, 1.82) is 0 Å². The van der Waals surface area contributed by atoms with Gasteiger partial charge >= 0.3 is 169 Å². The van der Waals surface area contributed by atoms with E-state index in [4.69, 9.17) is 0 Å². The van der Waals surface area contributed by atoms with Crippen molar-refractivity contribution in [2.45, 2.75) is 14.9 Å². The molecule has 0 N–H and O–H groups in total. The van der Waals surface area contributed by atoms with Crippen molar-refractivity contribution in [3.8, 4) is 0 Å². The minimum Gasteiger partial charge on any atom is -0.358 e. The zero-order valence-electron chi connectivity index (χ0n) is 59.5. The molecule has 84 heavy (non-hydrogen) atoms. The molecule has 0 rings (SSSR count). The fraction of sp³-hybridized carbons (Fsp3) is 0.0435. The van der Waals surface area contributed by atoms with Gasteiger partial charge in [0.1, 0.15) is 0 Å². The van der Waals surface area contributed by atoms with Crippen LogP contribution in [-0.4, -0.2) is 0 Å². The van der Waals surface area contributed by atoms with E-state index in [1.807, 2.05) is 0 Å². The van der Waals surface area contributed by atoms with Crippen LogP contribution >= 0.6 is 0 Å². The Labute approximate surface area is 1120 Å². The van der Waals surface area contributed by atoms with Crippen LogP contribution in [0.15, 0.2) is 0 Å². The summed E-state index contributed by atoms with van der Waals surface area (Å²) in [4.78, 5) is 0. The third-order valence-corrected chi connectivity index (χ3v) is 0. The average Bonchev–Trinajstić information content (AvgIpc) is 0. The quantitative estimate of drug-likeness (QED) is 0.212. The van der Waals surface area contributed by atoms with Crippen LogP contribution in [0, 0.1) is 327 Å². The molecule has 0 atom stereocenters. The molecule has 0 radical (unpaired) electrons. The standard InChI is InChI=1S/2CH4.44CH3.38W/h2*1H4;44*1H3;;;;;;;;;;;;;;;;;;;;;;;;;;;;;;;;;;;;;;/q;;44*-1;;;;;;;;;;;;;;;;;;;;;;;;;;;;;;;8*+2. The van der Waals surface area contributed by atoms with Gasteiger partial charge in [0, 0.05) is 632 Å². The maximum atomic E-state index is 0. The molecule has 0 fully saturated rings. The molecule has 0 aromatic heterocycles. The van der Waals surface area contributed by atoms with Gasteiger partial charge in [-0.15, -0.1) is 0 Å². The summed E-state index contributed by atoms with van der Waals surface area (Å²) in [7, 11) is 0. The second-order valence-corrected chi connectivity index (χ2v) is 0. The first-order valence-electron chi connectivity index (χ1n) is 0. The Morgan fingerprint density at radius 2 is 0.0476 bits per heavy atom. The topological polar surface area (TPSA) is 0 Å². The van der Waals surface area contributed by atoms with Crippen LogP contribution in [0.4, 0.5) is 0 Å². The molecule has 0 aliphatic heterocycles. The maximum absolute atomic E-state index is 0. The Bertz CT molecular complexity index is 83.4. The molecular weight excluding hydrogens is 7540 g/mol. The van der Waals surface area contributed by atoms with Crippen LogP contribution in [0.5, 0.6) is 0 Å². The van der Waals surface area contributed by atoms with Gasteiger partial charge in [-0.2, -0.15) is 0 Å². The van der Waals surface area contributed by atoms with Crippen molar-refractivity contribution in [2.75, 3.05) is 0 Å². The van der Waals surface area contributed by atoms with Crippen molar-refractivity contribution >= 4 is 0 Å². The van der Waals surface area contributed by atoms with Crippen molar-refractivity contribution < 1.29 is 800 Å². The second kappa shape index (κ2) is 1870. The van der Waals surface area contributed by atoms with Crippen LogP contribution in [0.1, 0.15) is 14.9 Å². The summed E-state index contributed by atoms with van der Waals surface area (Å²) in [6.45, 7) is 0. The summed E-state index contributed by atoms with van der Waals surface area (Å²) in [6.07, 6.45) is 0. The first kappa shape index (κ1) is 1920. The molecule has 0 aromatic rings. The van der Waals surface area contributed by atoms with Crippen LogP contribution < -0.4 is 0 Å². The van der Waals surface area contributed by atoms with E-state index in [2.05, 4.69) is 0 Å². The smallest absolute Gasteiger partial charge is 0.358 e. The average molecular weight is 7680 g/mol. The van der Waals surface area contributed by atoms with Gasteiger partial charge in [-0.3, -0.25) is 0 Å². The Kier molecular flexibility index (Phi) is 42600. The van der Waals surface area contributed by atoms with Crippen molar-refractivity contribution in [2.24, 2.45) is 0 Å². The molecule has 0 heterocycles. The van der Waals surface area contributed by atoms with E-state index in [1.54, 1.807) is 0 Å². The molecular formula is C46H140W38-28. The monoisotopic (exact) mass is 7680 g/mol. The van der Waals surface area contributed by atoms with Gasteiger partial charge in [-0.25, -0.2) is 0 Å². The minimum absolute atomic E-state index is 0. The van der Waals surface area contributed by atoms with Crippen molar-refractivity contribution in [1.82, 2.24) is 0 Å². The maximum Gasteiger partial charge on any atom is 2.00 e. The van der Waals surface area contributed by atoms with Crippen LogP contribution in [-0.2, 0) is 800 Å². The molecule has 0 nitrogen and oxygen atoms in total. The Morgan fingerprint density at radius 3 is 0.0476 bits per heavy atom. The van der Waals surface area contributed by atoms with E-state index in [0.717, 1.165) is 0 Å². The summed E-state index contributed by atoms with van der Waals surface area (Å²) in [5.74, 6) is 0. The van der Waals surface area contributed by atoms with Gasteiger partial charge in [0.2, 0.25) is 0 Å². The van der Waals surface area contributed by atoms with E-state index in [-0.39, 0.29) is 1140 Å². The van der Waals surface area contributed by atoms with E-state index in [0.29, 0.717) is 0 Å². The predicted octanol–water partition coefficient (Wildman–Crippen LogP) is 21.0. The fourth-order valence-electron chi connectivity index (χ4n) is 0. The summed E-state index contributed by atoms with van der Waals surface area (Å²) in [5.41, 5.74) is 0. The molecule has 38 heteroatoms. The zero-order chi connectivity index (χ0) is 0. The molecule has 0 saturated heterocycles. The molecule has 0 aliphatic rings. The minimum atomic E-state index is 0. The summed E-state index contributed by atoms with van der Waals surface area (Å²) >= 11 is 0. The Hall–Kier alpha value is 26.2. The normalized spacial score (nSPS) is 0. The van der Waals surface area contributed by atoms with Crippen LogP contribution in [0.25, 0.3) is 0 Å². The largest absolute Gasteiger partial charge is 2.00 e. The van der Waals surface area contributed by atoms with Crippen LogP contribution in [0.3, 0.4) is 0 Å². The summed E-state index contributed by atoms with van der Waals surface area (Å²) < 4.78 is 0. The van der Waals surface area contributed by atoms with Gasteiger partial charge in [-0.05, 0) is 0 Å². The molecule has 0 spiro atoms. The molecule has 0 bridgehead atoms. The van der Waals surface area contributed by atoms with E-state index in [1.165, 1.54) is 0 Å². The van der Waals surface area contributed by atoms with E-state index in [9.17, 15) is 0 Å². The zero-order valence-corrected chi connectivity index (χ0v) is 171. The van der Waals surface area contributed by atoms with Crippen LogP contribution in [0.2, 0.25) is 0 Å². The fourth-order valence-corrected chi connectivity index (χ4v) is 0. The first-order valence-corrected chi connectivity index (χ1v) is 0. The third kappa shape index (κ3) is 1820. The molecule has 0 aliphatic carbocycles. The summed E-state index contributed by atoms with van der Waals surface area (Å²) in [5, 5.41) is 0. The Morgan fingerprint density at radius 1 is 0.0476 bits per heavy atom. The number of hydrogen-bond acceptors (Lipinski definition) is 0. The van der Waals surface area contributed by atoms with Gasteiger partial charge in [-0.1, -0.05) is 14.9 Å². The molecule has 0 saturated carbocycles. The van der Waals surface area contributed by atoms with E-state index < -0.39 is 0 Å². The number of rotatable bonds is 0. The second-order valence-electron chi connectivity index (χ2n) is 0. The summed E-state index contributed by atoms with van der Waals surface area (Å²) in [6, 6.07) is 0. The molecule has 0 aromatic carbocycles. The molecule has 0 amide bonds. The third-order valence-electron chi connectivity index (χ3n) is 0. The molecule has 0 unspecified atom stereocenters. The SMILES string of the molecule is C.C.[CH3-].[CH3-].[CH3-].[CH3-].[CH3-].[CH3-].[CH3-].[CH3-].[CH3-].[CH3-].[CH3-].[CH3-].[CH3-].[CH3-].[CH3-].[CH3-].[CH3-].[CH3-].[CH3-].[CH3-].[CH3-].[CH3-].[CH3-].[CH3-].[CH3-].[CH3-].[CH3-].[CH3-].[CH3-].[CH3-].[CH3-].[CH3-].[CH3-].[CH3-].[CH3-].[CH3-].[CH3-].[CH3-].[CH3-].[CH3-].[CH3-].[CH3-].[CH3-].[CH3-].[W+2].[W+2].[W+2].[W+2].[W+2].[W+2].[W+2].[W+2].[W].[W].[W].[W].[W].[W].[W].[W].[W].[W].[W].[W].[W].[W].[W].[W].[W].[W].[W].[W].[W].[W].[W].[W].[W].[W].[W].[W].[W].[W]. The molecule has 580 valence electrons. The Balaban J connectivity index is 0. The van der Waals surface area contributed by atoms with Crippen molar-refractivity contribution in [3.63, 3.8) is 0 Å². The van der Waals surface area contributed by atoms with E-state index >= 15 is 0 Å². The predicted molar refractivity (Wildman–Crippen MR) is 296 cm³/mol. The van der Waals surface area contributed by atoms with Gasteiger partial charge in [0.05, 0.1) is 0 Å². The van der Waals surface area contributed by atoms with Crippen molar-refractivity contribution in [3.05, 3.63) is 327 Å². The number of hydrogen-bond donors (Lipinski definition) is 0. The van der Waals surface area contributed by atoms with Gasteiger partial charge < -0.3 is 327 Å². The van der Waals surface area contributed by atoms with Gasteiger partial charge in [0.25, 0.3) is 0 Å². The van der Waals surface area contributed by atoms with Gasteiger partial charge in [0.15, 0.2) is 0 Å². The first-order chi connectivity index (χ1) is 0.